The number of nitrogens with two attached hydrogens (primary N) is 1. The van der Waals surface area contributed by atoms with Gasteiger partial charge in [0.2, 0.25) is 0 Å². The van der Waals surface area contributed by atoms with Gasteiger partial charge in [0.1, 0.15) is 0 Å². The van der Waals surface area contributed by atoms with Crippen LogP contribution < -0.4 is 11.3 Å². The molecule has 1 atom stereocenters. The second-order valence-electron chi connectivity index (χ2n) is 4.75. The Morgan fingerprint density at radius 3 is 2.81 bits per heavy atom. The van der Waals surface area contributed by atoms with Gasteiger partial charge in [-0.05, 0) is 42.9 Å². The average Bonchev–Trinajstić information content (AvgIpc) is 3.08. The Balaban J connectivity index is 2.02. The highest BCUT2D eigenvalue weighted by atomic mass is 35.5. The lowest BCUT2D eigenvalue weighted by Gasteiger charge is -2.16. The first-order chi connectivity index (χ1) is 7.70. The molecule has 1 saturated carbocycles. The molecule has 2 rings (SSSR count). The molecule has 1 aromatic rings. The Hall–Kier alpha value is -0.570. The zero-order chi connectivity index (χ0) is 11.5. The molecular weight excluding hydrogens is 220 g/mol. The maximum atomic E-state index is 6.12. The van der Waals surface area contributed by atoms with Crippen molar-refractivity contribution in [2.45, 2.75) is 38.6 Å². The lowest BCUT2D eigenvalue weighted by Crippen LogP contribution is -2.28. The molecule has 1 aliphatic rings. The maximum absolute atomic E-state index is 6.12. The topological polar surface area (TPSA) is 38.0 Å². The van der Waals surface area contributed by atoms with E-state index in [-0.39, 0.29) is 6.04 Å². The molecule has 0 spiro atoms. The van der Waals surface area contributed by atoms with Crippen LogP contribution in [0.4, 0.5) is 0 Å². The summed E-state index contributed by atoms with van der Waals surface area (Å²) >= 11 is 6.12. The van der Waals surface area contributed by atoms with Gasteiger partial charge in [-0.1, -0.05) is 36.6 Å². The maximum Gasteiger partial charge on any atom is 0.0460 e. The van der Waals surface area contributed by atoms with Gasteiger partial charge in [-0.2, -0.15) is 0 Å². The fraction of sp³-hybridized carbons (Fsp3) is 0.538. The summed E-state index contributed by atoms with van der Waals surface area (Å²) in [5.41, 5.74) is 5.20. The van der Waals surface area contributed by atoms with Gasteiger partial charge in [-0.15, -0.1) is 0 Å². The summed E-state index contributed by atoms with van der Waals surface area (Å²) in [5, 5.41) is 0.823. The number of rotatable bonds is 5. The van der Waals surface area contributed by atoms with E-state index in [9.17, 15) is 0 Å². The summed E-state index contributed by atoms with van der Waals surface area (Å²) in [7, 11) is 0. The molecule has 0 saturated heterocycles. The van der Waals surface area contributed by atoms with Crippen LogP contribution in [0.1, 0.15) is 42.9 Å². The fourth-order valence-corrected chi connectivity index (χ4v) is 2.17. The van der Waals surface area contributed by atoms with Crippen molar-refractivity contribution < 1.29 is 0 Å². The molecule has 0 bridgehead atoms. The van der Waals surface area contributed by atoms with Crippen LogP contribution in [0.2, 0.25) is 5.02 Å². The highest BCUT2D eigenvalue weighted by Crippen LogP contribution is 2.36. The van der Waals surface area contributed by atoms with Gasteiger partial charge in [0.05, 0.1) is 0 Å². The number of nitrogens with one attached hydrogen (secondary N) is 1. The van der Waals surface area contributed by atoms with Gasteiger partial charge in [0.15, 0.2) is 0 Å². The number of halogens is 1. The van der Waals surface area contributed by atoms with E-state index >= 15 is 0 Å². The number of aryl methyl sites for hydroxylation is 1. The molecule has 88 valence electrons. The minimum absolute atomic E-state index is 0.235. The minimum Gasteiger partial charge on any atom is -0.271 e. The van der Waals surface area contributed by atoms with E-state index in [4.69, 9.17) is 17.4 Å². The average molecular weight is 239 g/mol. The van der Waals surface area contributed by atoms with Crippen LogP contribution in [0.5, 0.6) is 0 Å². The third-order valence-corrected chi connectivity index (χ3v) is 3.77. The van der Waals surface area contributed by atoms with Gasteiger partial charge in [-0.25, -0.2) is 0 Å². The van der Waals surface area contributed by atoms with Crippen molar-refractivity contribution in [1.82, 2.24) is 5.43 Å². The van der Waals surface area contributed by atoms with E-state index in [1.807, 2.05) is 13.0 Å². The number of benzene rings is 1. The molecule has 1 aliphatic carbocycles. The van der Waals surface area contributed by atoms with E-state index in [0.717, 1.165) is 22.9 Å². The fourth-order valence-electron chi connectivity index (χ4n) is 1.98. The summed E-state index contributed by atoms with van der Waals surface area (Å²) in [4.78, 5) is 0. The van der Waals surface area contributed by atoms with Crippen LogP contribution in [-0.4, -0.2) is 0 Å². The van der Waals surface area contributed by atoms with Crippen LogP contribution in [0.3, 0.4) is 0 Å². The first-order valence-electron chi connectivity index (χ1n) is 5.93. The van der Waals surface area contributed by atoms with E-state index < -0.39 is 0 Å². The predicted octanol–water partition coefficient (Wildman–Crippen LogP) is 3.34. The Morgan fingerprint density at radius 1 is 1.50 bits per heavy atom. The minimum atomic E-state index is 0.235. The van der Waals surface area contributed by atoms with Crippen LogP contribution >= 0.6 is 11.6 Å². The SMILES string of the molecule is Cc1ccc(C(CCC2CC2)NN)cc1Cl. The molecule has 1 aromatic carbocycles. The molecule has 3 heteroatoms. The van der Waals surface area contributed by atoms with Crippen molar-refractivity contribution in [3.8, 4) is 0 Å². The van der Waals surface area contributed by atoms with Crippen LogP contribution in [0.25, 0.3) is 0 Å². The summed E-state index contributed by atoms with van der Waals surface area (Å²) in [5.74, 6) is 6.55. The molecule has 1 unspecified atom stereocenters. The molecule has 0 aromatic heterocycles. The van der Waals surface area contributed by atoms with E-state index in [1.54, 1.807) is 0 Å². The predicted molar refractivity (Wildman–Crippen MR) is 68.2 cm³/mol. The van der Waals surface area contributed by atoms with Crippen molar-refractivity contribution in [1.29, 1.82) is 0 Å². The molecule has 2 nitrogen and oxygen atoms in total. The Morgan fingerprint density at radius 2 is 2.25 bits per heavy atom. The lowest BCUT2D eigenvalue weighted by molar-refractivity contribution is 0.482. The van der Waals surface area contributed by atoms with E-state index in [1.165, 1.54) is 24.8 Å². The molecule has 16 heavy (non-hydrogen) atoms. The first-order valence-corrected chi connectivity index (χ1v) is 6.30. The highest BCUT2D eigenvalue weighted by molar-refractivity contribution is 6.31. The molecular formula is C13H19ClN2. The molecule has 0 radical (unpaired) electrons. The number of hydrogen-bond acceptors (Lipinski definition) is 2. The Bertz CT molecular complexity index is 361. The largest absolute Gasteiger partial charge is 0.271 e. The number of hydrogen-bond donors (Lipinski definition) is 2. The van der Waals surface area contributed by atoms with Crippen molar-refractivity contribution >= 4 is 11.6 Å². The second-order valence-corrected chi connectivity index (χ2v) is 5.16. The normalized spacial score (nSPS) is 17.4. The summed E-state index contributed by atoms with van der Waals surface area (Å²) in [6.07, 6.45) is 5.15. The van der Waals surface area contributed by atoms with Crippen molar-refractivity contribution in [3.63, 3.8) is 0 Å². The highest BCUT2D eigenvalue weighted by Gasteiger charge is 2.22. The first kappa shape index (κ1) is 11.9. The number of hydrazine groups is 1. The third-order valence-electron chi connectivity index (χ3n) is 3.36. The quantitative estimate of drug-likeness (QED) is 0.610. The summed E-state index contributed by atoms with van der Waals surface area (Å²) < 4.78 is 0. The zero-order valence-electron chi connectivity index (χ0n) is 9.67. The Labute approximate surface area is 102 Å². The van der Waals surface area contributed by atoms with Gasteiger partial charge >= 0.3 is 0 Å². The lowest BCUT2D eigenvalue weighted by atomic mass is 10.00. The molecule has 0 aliphatic heterocycles. The van der Waals surface area contributed by atoms with Gasteiger partial charge in [-0.3, -0.25) is 11.3 Å². The van der Waals surface area contributed by atoms with Gasteiger partial charge < -0.3 is 0 Å². The standard InChI is InChI=1S/C13H19ClN2/c1-9-2-6-11(8-12(9)14)13(16-15)7-5-10-3-4-10/h2,6,8,10,13,16H,3-5,7,15H2,1H3. The Kier molecular flexibility index (Phi) is 3.85. The van der Waals surface area contributed by atoms with Crippen molar-refractivity contribution in [2.75, 3.05) is 0 Å². The van der Waals surface area contributed by atoms with Crippen LogP contribution in [-0.2, 0) is 0 Å². The van der Waals surface area contributed by atoms with E-state index in [0.29, 0.717) is 0 Å². The van der Waals surface area contributed by atoms with Gasteiger partial charge in [0, 0.05) is 11.1 Å². The molecule has 0 amide bonds. The van der Waals surface area contributed by atoms with Gasteiger partial charge in [0.25, 0.3) is 0 Å². The van der Waals surface area contributed by atoms with Crippen LogP contribution in [0, 0.1) is 12.8 Å². The molecule has 1 fully saturated rings. The summed E-state index contributed by atoms with van der Waals surface area (Å²) in [6.45, 7) is 2.02. The van der Waals surface area contributed by atoms with Crippen molar-refractivity contribution in [3.05, 3.63) is 34.3 Å². The molecule has 3 N–H and O–H groups in total. The smallest absolute Gasteiger partial charge is 0.0460 e. The molecule has 0 heterocycles. The summed E-state index contributed by atoms with van der Waals surface area (Å²) in [6, 6.07) is 6.42. The van der Waals surface area contributed by atoms with Crippen molar-refractivity contribution in [2.24, 2.45) is 11.8 Å². The van der Waals surface area contributed by atoms with E-state index in [2.05, 4.69) is 17.6 Å². The second kappa shape index (κ2) is 5.17. The monoisotopic (exact) mass is 238 g/mol. The van der Waals surface area contributed by atoms with Crippen LogP contribution in [0.15, 0.2) is 18.2 Å². The third kappa shape index (κ3) is 2.97. The zero-order valence-corrected chi connectivity index (χ0v) is 10.4.